The molecule has 124 valence electrons. The van der Waals surface area contributed by atoms with Crippen molar-refractivity contribution in [1.82, 2.24) is 10.1 Å². The fourth-order valence-electron chi connectivity index (χ4n) is 3.05. The van der Waals surface area contributed by atoms with Crippen LogP contribution < -0.4 is 4.74 Å². The number of ether oxygens (including phenoxy) is 2. The zero-order valence-corrected chi connectivity index (χ0v) is 13.8. The summed E-state index contributed by atoms with van der Waals surface area (Å²) in [5.41, 5.74) is 1.15. The molecule has 1 aliphatic heterocycles. The van der Waals surface area contributed by atoms with Gasteiger partial charge in [0.25, 0.3) is 0 Å². The Balaban J connectivity index is 1.57. The van der Waals surface area contributed by atoms with Crippen molar-refractivity contribution in [3.63, 3.8) is 0 Å². The molecule has 23 heavy (non-hydrogen) atoms. The van der Waals surface area contributed by atoms with Gasteiger partial charge in [0.2, 0.25) is 5.89 Å². The Labute approximate surface area is 137 Å². The Kier molecular flexibility index (Phi) is 5.28. The summed E-state index contributed by atoms with van der Waals surface area (Å²) >= 11 is 0. The van der Waals surface area contributed by atoms with Gasteiger partial charge >= 0.3 is 0 Å². The Morgan fingerprint density at radius 2 is 2.09 bits per heavy atom. The molecule has 0 amide bonds. The topological polar surface area (TPSA) is 57.4 Å². The second-order valence-electron chi connectivity index (χ2n) is 6.12. The highest BCUT2D eigenvalue weighted by Crippen LogP contribution is 2.25. The van der Waals surface area contributed by atoms with E-state index in [0.29, 0.717) is 18.4 Å². The largest absolute Gasteiger partial charge is 0.497 e. The molecule has 2 atom stereocenters. The van der Waals surface area contributed by atoms with Gasteiger partial charge in [0.1, 0.15) is 5.75 Å². The fraction of sp³-hybridized carbons (Fsp3) is 0.556. The van der Waals surface area contributed by atoms with Gasteiger partial charge in [-0.15, -0.1) is 0 Å². The van der Waals surface area contributed by atoms with Crippen LogP contribution in [0.1, 0.15) is 43.5 Å². The maximum atomic E-state index is 5.72. The molecule has 2 aromatic rings. The van der Waals surface area contributed by atoms with Crippen LogP contribution in [0.4, 0.5) is 0 Å². The summed E-state index contributed by atoms with van der Waals surface area (Å²) in [6.45, 7) is 3.02. The summed E-state index contributed by atoms with van der Waals surface area (Å²) in [4.78, 5) is 4.54. The SMILES string of the molecule is CC[C@H]1C[C@@H](Cc2nc(Cc3ccc(OC)cc3)no2)CCO1. The normalized spacial score (nSPS) is 21.3. The Morgan fingerprint density at radius 1 is 1.26 bits per heavy atom. The number of hydrogen-bond acceptors (Lipinski definition) is 5. The minimum Gasteiger partial charge on any atom is -0.497 e. The average molecular weight is 316 g/mol. The maximum absolute atomic E-state index is 5.72. The lowest BCUT2D eigenvalue weighted by molar-refractivity contribution is -0.0115. The molecule has 3 rings (SSSR count). The van der Waals surface area contributed by atoms with E-state index in [0.717, 1.165) is 55.3 Å². The number of aromatic nitrogens is 2. The van der Waals surface area contributed by atoms with Crippen LogP contribution in [0.3, 0.4) is 0 Å². The molecule has 0 bridgehead atoms. The molecule has 0 unspecified atom stereocenters. The first-order chi connectivity index (χ1) is 11.3. The molecule has 0 saturated carbocycles. The summed E-state index contributed by atoms with van der Waals surface area (Å²) in [6, 6.07) is 7.95. The predicted octanol–water partition coefficient (Wildman–Crippen LogP) is 3.42. The molecule has 0 aliphatic carbocycles. The lowest BCUT2D eigenvalue weighted by atomic mass is 9.91. The molecular formula is C18H24N2O3. The van der Waals surface area contributed by atoms with E-state index in [1.165, 1.54) is 0 Å². The van der Waals surface area contributed by atoms with Crippen LogP contribution in [0.25, 0.3) is 0 Å². The third kappa shape index (κ3) is 4.32. The number of rotatable bonds is 6. The zero-order valence-electron chi connectivity index (χ0n) is 13.8. The molecule has 0 spiro atoms. The van der Waals surface area contributed by atoms with Gasteiger partial charge in [-0.2, -0.15) is 4.98 Å². The molecule has 2 heterocycles. The van der Waals surface area contributed by atoms with Crippen molar-refractivity contribution in [2.24, 2.45) is 5.92 Å². The molecule has 5 heteroatoms. The highest BCUT2D eigenvalue weighted by molar-refractivity contribution is 5.28. The zero-order chi connectivity index (χ0) is 16.1. The maximum Gasteiger partial charge on any atom is 0.226 e. The third-order valence-corrected chi connectivity index (χ3v) is 4.43. The summed E-state index contributed by atoms with van der Waals surface area (Å²) in [5.74, 6) is 2.93. The van der Waals surface area contributed by atoms with Gasteiger partial charge in [-0.25, -0.2) is 0 Å². The van der Waals surface area contributed by atoms with Crippen molar-refractivity contribution in [2.75, 3.05) is 13.7 Å². The van der Waals surface area contributed by atoms with Crippen molar-refractivity contribution >= 4 is 0 Å². The van der Waals surface area contributed by atoms with Crippen LogP contribution in [0.2, 0.25) is 0 Å². The summed E-state index contributed by atoms with van der Waals surface area (Å²) in [7, 11) is 1.67. The molecule has 5 nitrogen and oxygen atoms in total. The van der Waals surface area contributed by atoms with E-state index < -0.39 is 0 Å². The highest BCUT2D eigenvalue weighted by Gasteiger charge is 2.23. The minimum absolute atomic E-state index is 0.385. The fourth-order valence-corrected chi connectivity index (χ4v) is 3.05. The number of hydrogen-bond donors (Lipinski definition) is 0. The van der Waals surface area contributed by atoms with Crippen molar-refractivity contribution in [3.8, 4) is 5.75 Å². The Morgan fingerprint density at radius 3 is 2.83 bits per heavy atom. The van der Waals surface area contributed by atoms with Gasteiger partial charge in [-0.3, -0.25) is 0 Å². The van der Waals surface area contributed by atoms with E-state index in [2.05, 4.69) is 17.1 Å². The van der Waals surface area contributed by atoms with Crippen LogP contribution >= 0.6 is 0 Å². The van der Waals surface area contributed by atoms with Crippen LogP contribution in [0, 0.1) is 5.92 Å². The minimum atomic E-state index is 0.385. The molecular weight excluding hydrogens is 292 g/mol. The van der Waals surface area contributed by atoms with E-state index in [9.17, 15) is 0 Å². The molecule has 1 aromatic heterocycles. The first-order valence-corrected chi connectivity index (χ1v) is 8.32. The average Bonchev–Trinajstić information content (AvgIpc) is 3.02. The lowest BCUT2D eigenvalue weighted by Gasteiger charge is -2.27. The first-order valence-electron chi connectivity index (χ1n) is 8.32. The van der Waals surface area contributed by atoms with Crippen molar-refractivity contribution < 1.29 is 14.0 Å². The second-order valence-corrected chi connectivity index (χ2v) is 6.12. The Hall–Kier alpha value is -1.88. The second kappa shape index (κ2) is 7.59. The van der Waals surface area contributed by atoms with Gasteiger partial charge in [0, 0.05) is 19.4 Å². The number of methoxy groups -OCH3 is 1. The van der Waals surface area contributed by atoms with E-state index in [-0.39, 0.29) is 0 Å². The third-order valence-electron chi connectivity index (χ3n) is 4.43. The van der Waals surface area contributed by atoms with Gasteiger partial charge in [-0.05, 0) is 42.9 Å². The van der Waals surface area contributed by atoms with Crippen LogP contribution in [0.5, 0.6) is 5.75 Å². The van der Waals surface area contributed by atoms with Crippen LogP contribution in [-0.4, -0.2) is 30.0 Å². The van der Waals surface area contributed by atoms with E-state index in [1.54, 1.807) is 7.11 Å². The Bertz CT molecular complexity index is 609. The predicted molar refractivity (Wildman–Crippen MR) is 86.6 cm³/mol. The van der Waals surface area contributed by atoms with Crippen molar-refractivity contribution in [1.29, 1.82) is 0 Å². The smallest absolute Gasteiger partial charge is 0.226 e. The van der Waals surface area contributed by atoms with Gasteiger partial charge < -0.3 is 14.0 Å². The van der Waals surface area contributed by atoms with Crippen molar-refractivity contribution in [2.45, 2.75) is 45.1 Å². The van der Waals surface area contributed by atoms with Gasteiger partial charge in [-0.1, -0.05) is 24.2 Å². The number of nitrogens with zero attached hydrogens (tertiary/aromatic N) is 2. The summed E-state index contributed by atoms with van der Waals surface area (Å²) < 4.78 is 16.3. The lowest BCUT2D eigenvalue weighted by Crippen LogP contribution is -2.26. The molecule has 1 fully saturated rings. The number of benzene rings is 1. The van der Waals surface area contributed by atoms with Gasteiger partial charge in [0.15, 0.2) is 5.82 Å². The van der Waals surface area contributed by atoms with Crippen molar-refractivity contribution in [3.05, 3.63) is 41.5 Å². The molecule has 0 N–H and O–H groups in total. The standard InChI is InChI=1S/C18H24N2O3/c1-3-15-10-14(8-9-22-15)12-18-19-17(20-23-18)11-13-4-6-16(21-2)7-5-13/h4-7,14-15H,3,8-12H2,1-2H3/t14-,15-/m0/s1. The highest BCUT2D eigenvalue weighted by atomic mass is 16.5. The van der Waals surface area contributed by atoms with Gasteiger partial charge in [0.05, 0.1) is 13.2 Å². The molecule has 0 radical (unpaired) electrons. The van der Waals surface area contributed by atoms with E-state index in [4.69, 9.17) is 14.0 Å². The van der Waals surface area contributed by atoms with Crippen LogP contribution in [0.15, 0.2) is 28.8 Å². The first kappa shape index (κ1) is 16.0. The monoisotopic (exact) mass is 316 g/mol. The quantitative estimate of drug-likeness (QED) is 0.817. The van der Waals surface area contributed by atoms with E-state index in [1.807, 2.05) is 24.3 Å². The summed E-state index contributed by atoms with van der Waals surface area (Å²) in [5, 5.41) is 4.11. The molecule has 1 aliphatic rings. The van der Waals surface area contributed by atoms with E-state index >= 15 is 0 Å². The molecule has 1 aromatic carbocycles. The van der Waals surface area contributed by atoms with Crippen LogP contribution in [-0.2, 0) is 17.6 Å². The molecule has 1 saturated heterocycles. The summed E-state index contributed by atoms with van der Waals surface area (Å²) in [6.07, 6.45) is 5.16.